The number of hydrogen-bond donors (Lipinski definition) is 1. The van der Waals surface area contributed by atoms with Crippen LogP contribution in [0.5, 0.6) is 5.75 Å². The van der Waals surface area contributed by atoms with Gasteiger partial charge in [-0.3, -0.25) is 9.59 Å². The summed E-state index contributed by atoms with van der Waals surface area (Å²) in [5.41, 5.74) is 0. The van der Waals surface area contributed by atoms with Crippen molar-refractivity contribution in [1.82, 2.24) is 5.32 Å². The zero-order chi connectivity index (χ0) is 19.4. The van der Waals surface area contributed by atoms with Gasteiger partial charge in [-0.1, -0.05) is 25.4 Å². The molecule has 0 spiro atoms. The smallest absolute Gasteiger partial charge is 0.427 e. The largest absolute Gasteiger partial charge is 1.00 e. The molecule has 9 heteroatoms. The van der Waals surface area contributed by atoms with E-state index >= 15 is 0 Å². The first-order valence-corrected chi connectivity index (χ1v) is 8.92. The molecule has 0 aromatic heterocycles. The fourth-order valence-corrected chi connectivity index (χ4v) is 2.00. The molecule has 0 aliphatic carbocycles. The van der Waals surface area contributed by atoms with Crippen LogP contribution < -0.4 is 39.6 Å². The number of nitrogens with one attached hydrogen (secondary N) is 1. The number of esters is 2. The van der Waals surface area contributed by atoms with Crippen LogP contribution in [0.25, 0.3) is 0 Å². The number of halogens is 1. The van der Waals surface area contributed by atoms with Crippen molar-refractivity contribution >= 4 is 29.6 Å². The monoisotopic (exact) mass is 408 g/mol. The third-order valence-corrected chi connectivity index (χ3v) is 3.41. The Hall–Kier alpha value is -1.28. The number of hydrogen-bond acceptors (Lipinski definition) is 6. The molecule has 1 atom stereocenters. The van der Waals surface area contributed by atoms with Gasteiger partial charge in [0.25, 0.3) is 0 Å². The molecular formula is C18H24ClNNaO6+. The Labute approximate surface area is 186 Å². The molecule has 1 amide bonds. The SMILES string of the molecule is CCCC(=O)OC(CC)OC(=O)NCCCC(=O)Oc1ccc(Cl)cc1.[Na+]. The first-order valence-electron chi connectivity index (χ1n) is 8.54. The number of carbonyl (C=O) groups excluding carboxylic acids is 3. The minimum absolute atomic E-state index is 0. The molecule has 0 saturated carbocycles. The Morgan fingerprint density at radius 2 is 1.70 bits per heavy atom. The van der Waals surface area contributed by atoms with E-state index in [9.17, 15) is 14.4 Å². The van der Waals surface area contributed by atoms with Crippen LogP contribution in [-0.4, -0.2) is 30.9 Å². The van der Waals surface area contributed by atoms with Crippen LogP contribution in [0.15, 0.2) is 24.3 Å². The Kier molecular flexibility index (Phi) is 14.0. The number of carbonyl (C=O) groups is 3. The molecule has 0 aliphatic rings. The van der Waals surface area contributed by atoms with Gasteiger partial charge in [-0.15, -0.1) is 0 Å². The van der Waals surface area contributed by atoms with Gasteiger partial charge in [-0.25, -0.2) is 4.79 Å². The second kappa shape index (κ2) is 14.7. The third-order valence-electron chi connectivity index (χ3n) is 3.16. The van der Waals surface area contributed by atoms with E-state index in [0.29, 0.717) is 30.0 Å². The molecule has 1 aromatic rings. The molecule has 1 aromatic carbocycles. The second-order valence-corrected chi connectivity index (χ2v) is 5.88. The fourth-order valence-electron chi connectivity index (χ4n) is 1.87. The second-order valence-electron chi connectivity index (χ2n) is 5.44. The average Bonchev–Trinajstić information content (AvgIpc) is 2.60. The summed E-state index contributed by atoms with van der Waals surface area (Å²) < 4.78 is 15.2. The molecule has 1 N–H and O–H groups in total. The van der Waals surface area contributed by atoms with Gasteiger partial charge < -0.3 is 19.5 Å². The summed E-state index contributed by atoms with van der Waals surface area (Å²) >= 11 is 5.75. The van der Waals surface area contributed by atoms with E-state index in [2.05, 4.69) is 5.32 Å². The summed E-state index contributed by atoms with van der Waals surface area (Å²) in [5, 5.41) is 3.06. The van der Waals surface area contributed by atoms with Gasteiger partial charge in [-0.2, -0.15) is 0 Å². The normalized spacial score (nSPS) is 10.9. The minimum atomic E-state index is -0.913. The molecule has 144 valence electrons. The van der Waals surface area contributed by atoms with Gasteiger partial charge in [0.1, 0.15) is 5.75 Å². The quantitative estimate of drug-likeness (QED) is 0.203. The Morgan fingerprint density at radius 3 is 2.30 bits per heavy atom. The van der Waals surface area contributed by atoms with Crippen LogP contribution in [-0.2, 0) is 19.1 Å². The summed E-state index contributed by atoms with van der Waals surface area (Å²) in [6.45, 7) is 3.82. The zero-order valence-electron chi connectivity index (χ0n) is 16.0. The number of amides is 1. The van der Waals surface area contributed by atoms with Crippen molar-refractivity contribution in [3.8, 4) is 5.75 Å². The summed E-state index contributed by atoms with van der Waals surface area (Å²) in [6, 6.07) is 6.44. The van der Waals surface area contributed by atoms with E-state index in [0.717, 1.165) is 0 Å². The van der Waals surface area contributed by atoms with Gasteiger partial charge in [0.2, 0.25) is 6.29 Å². The topological polar surface area (TPSA) is 90.9 Å². The van der Waals surface area contributed by atoms with Crippen molar-refractivity contribution in [2.24, 2.45) is 0 Å². The van der Waals surface area contributed by atoms with Gasteiger partial charge in [-0.05, 0) is 37.1 Å². The molecule has 7 nitrogen and oxygen atoms in total. The first kappa shape index (κ1) is 25.7. The van der Waals surface area contributed by atoms with E-state index in [1.807, 2.05) is 6.92 Å². The third kappa shape index (κ3) is 11.9. The van der Waals surface area contributed by atoms with Crippen LogP contribution >= 0.6 is 11.6 Å². The van der Waals surface area contributed by atoms with E-state index in [1.165, 1.54) is 0 Å². The number of benzene rings is 1. The predicted molar refractivity (Wildman–Crippen MR) is 95.9 cm³/mol. The fraction of sp³-hybridized carbons (Fsp3) is 0.500. The van der Waals surface area contributed by atoms with Gasteiger partial charge in [0, 0.05) is 30.8 Å². The molecule has 0 radical (unpaired) electrons. The van der Waals surface area contributed by atoms with Crippen LogP contribution in [0, 0.1) is 0 Å². The summed E-state index contributed by atoms with van der Waals surface area (Å²) in [5.74, 6) is -0.411. The molecule has 1 unspecified atom stereocenters. The molecule has 0 fully saturated rings. The summed E-state index contributed by atoms with van der Waals surface area (Å²) in [4.78, 5) is 34.8. The van der Waals surface area contributed by atoms with E-state index in [-0.39, 0.29) is 48.9 Å². The van der Waals surface area contributed by atoms with Gasteiger partial charge in [0.15, 0.2) is 0 Å². The molecule has 0 heterocycles. The standard InChI is InChI=1S/C18H24ClNO6.Na/c1-3-6-15(21)25-17(4-2)26-18(23)20-12-5-7-16(22)24-14-10-8-13(19)9-11-14;/h8-11,17H,3-7,12H2,1-2H3,(H,20,23);/q;+1. The predicted octanol–water partition coefficient (Wildman–Crippen LogP) is 0.835. The van der Waals surface area contributed by atoms with Crippen molar-refractivity contribution in [1.29, 1.82) is 0 Å². The van der Waals surface area contributed by atoms with Crippen molar-refractivity contribution in [2.75, 3.05) is 6.54 Å². The zero-order valence-corrected chi connectivity index (χ0v) is 18.7. The van der Waals surface area contributed by atoms with Gasteiger partial charge >= 0.3 is 47.6 Å². The van der Waals surface area contributed by atoms with Crippen molar-refractivity contribution in [3.63, 3.8) is 0 Å². The molecule has 0 saturated heterocycles. The Morgan fingerprint density at radius 1 is 1.04 bits per heavy atom. The van der Waals surface area contributed by atoms with Crippen LogP contribution in [0.3, 0.4) is 0 Å². The summed E-state index contributed by atoms with van der Waals surface area (Å²) in [6.07, 6.45) is 0.191. The molecular weight excluding hydrogens is 385 g/mol. The number of rotatable bonds is 10. The Bertz CT molecular complexity index is 596. The minimum Gasteiger partial charge on any atom is -0.427 e. The maximum absolute atomic E-state index is 11.7. The number of ether oxygens (including phenoxy) is 3. The Balaban J connectivity index is 0.00000676. The van der Waals surface area contributed by atoms with Crippen molar-refractivity contribution < 1.29 is 58.2 Å². The van der Waals surface area contributed by atoms with E-state index in [4.69, 9.17) is 25.8 Å². The average molecular weight is 409 g/mol. The molecule has 0 aliphatic heterocycles. The number of alkyl carbamates (subject to hydrolysis) is 1. The molecule has 27 heavy (non-hydrogen) atoms. The van der Waals surface area contributed by atoms with Crippen LogP contribution in [0.2, 0.25) is 5.02 Å². The maximum atomic E-state index is 11.7. The maximum Gasteiger partial charge on any atom is 1.00 e. The molecule has 1 rings (SSSR count). The van der Waals surface area contributed by atoms with Crippen molar-refractivity contribution in [2.45, 2.75) is 52.2 Å². The van der Waals surface area contributed by atoms with E-state index in [1.54, 1.807) is 31.2 Å². The van der Waals surface area contributed by atoms with Crippen LogP contribution in [0.1, 0.15) is 46.0 Å². The van der Waals surface area contributed by atoms with Crippen LogP contribution in [0.4, 0.5) is 4.79 Å². The molecule has 0 bridgehead atoms. The summed E-state index contributed by atoms with van der Waals surface area (Å²) in [7, 11) is 0. The van der Waals surface area contributed by atoms with Crippen molar-refractivity contribution in [3.05, 3.63) is 29.3 Å². The van der Waals surface area contributed by atoms with E-state index < -0.39 is 24.3 Å². The van der Waals surface area contributed by atoms with Gasteiger partial charge in [0.05, 0.1) is 0 Å². The first-order chi connectivity index (χ1) is 12.4.